The zero-order chi connectivity index (χ0) is 21.8. The first kappa shape index (κ1) is 22.6. The number of sulfone groups is 1. The maximum Gasteiger partial charge on any atom is 0.264 e. The third kappa shape index (κ3) is 4.78. The van der Waals surface area contributed by atoms with E-state index in [2.05, 4.69) is 4.90 Å². The Hall–Kier alpha value is -2.13. The van der Waals surface area contributed by atoms with Crippen molar-refractivity contribution in [3.63, 3.8) is 0 Å². The summed E-state index contributed by atoms with van der Waals surface area (Å²) in [5, 5.41) is 9.80. The molecule has 1 amide bonds. The second-order valence-electron chi connectivity index (χ2n) is 7.33. The fourth-order valence-electron chi connectivity index (χ4n) is 3.66. The summed E-state index contributed by atoms with van der Waals surface area (Å²) in [4.78, 5) is 14.5. The summed E-state index contributed by atoms with van der Waals surface area (Å²) in [6, 6.07) is 13.6. The van der Waals surface area contributed by atoms with Crippen molar-refractivity contribution >= 4 is 27.3 Å². The molecule has 0 aliphatic carbocycles. The number of benzene rings is 2. The van der Waals surface area contributed by atoms with E-state index in [9.17, 15) is 18.4 Å². The molecule has 1 aliphatic heterocycles. The van der Waals surface area contributed by atoms with Gasteiger partial charge < -0.3 is 9.64 Å². The number of likely N-dealkylation sites (tertiary alicyclic amines) is 1. The molecule has 2 aromatic carbocycles. The average Bonchev–Trinajstić information content (AvgIpc) is 2.75. The third-order valence-electron chi connectivity index (χ3n) is 5.55. The number of nitrogens with zero attached hydrogens (tertiary/aromatic N) is 1. The first-order chi connectivity index (χ1) is 14.3. The third-order valence-corrected chi connectivity index (χ3v) is 8.30. The van der Waals surface area contributed by atoms with Crippen molar-refractivity contribution in [2.45, 2.75) is 30.3 Å². The highest BCUT2D eigenvalue weighted by Crippen LogP contribution is 2.34. The Kier molecular flexibility index (Phi) is 7.02. The second-order valence-corrected chi connectivity index (χ2v) is 10.1. The molecule has 0 aromatic heterocycles. The summed E-state index contributed by atoms with van der Waals surface area (Å²) >= 11 is 5.86. The largest absolute Gasteiger partial charge is 0.457 e. The predicted octanol–water partition coefficient (Wildman–Crippen LogP) is 3.41. The molecule has 0 spiro atoms. The molecule has 30 heavy (non-hydrogen) atoms. The zero-order valence-corrected chi connectivity index (χ0v) is 18.2. The van der Waals surface area contributed by atoms with Crippen LogP contribution >= 0.6 is 11.6 Å². The van der Waals surface area contributed by atoms with Crippen LogP contribution in [-0.2, 0) is 20.4 Å². The van der Waals surface area contributed by atoms with Crippen LogP contribution in [0.3, 0.4) is 0 Å². The maximum absolute atomic E-state index is 13.2. The Bertz CT molecular complexity index is 969. The summed E-state index contributed by atoms with van der Waals surface area (Å²) in [5.41, 5.74) is 2.12. The smallest absolute Gasteiger partial charge is 0.264 e. The summed E-state index contributed by atoms with van der Waals surface area (Å²) < 4.78 is 30.6. The molecule has 7 nitrogen and oxygen atoms in total. The number of piperidine rings is 1. The van der Waals surface area contributed by atoms with E-state index in [0.717, 1.165) is 6.54 Å². The molecule has 2 aromatic rings. The topological polar surface area (TPSA) is 95.9 Å². The molecule has 162 valence electrons. The van der Waals surface area contributed by atoms with Crippen LogP contribution in [0.2, 0.25) is 5.02 Å². The number of amides is 1. The molecule has 0 bridgehead atoms. The summed E-state index contributed by atoms with van der Waals surface area (Å²) in [6.45, 7) is 3.74. The molecule has 9 heteroatoms. The SMILES string of the molecule is CCN1CCC(C(=O)NO)(S(=O)(=O)Cc2ccc(Oc3ccc(Cl)cc3)cc2)CC1. The summed E-state index contributed by atoms with van der Waals surface area (Å²) in [5.74, 6) is 0.00725. The van der Waals surface area contributed by atoms with Gasteiger partial charge in [-0.05, 0) is 61.3 Å². The van der Waals surface area contributed by atoms with Gasteiger partial charge in [0.15, 0.2) is 14.6 Å². The molecular weight excluding hydrogens is 428 g/mol. The minimum Gasteiger partial charge on any atom is -0.457 e. The van der Waals surface area contributed by atoms with Crippen LogP contribution in [0.15, 0.2) is 48.5 Å². The van der Waals surface area contributed by atoms with Crippen LogP contribution in [0, 0.1) is 0 Å². The van der Waals surface area contributed by atoms with Crippen molar-refractivity contribution < 1.29 is 23.2 Å². The fourth-order valence-corrected chi connectivity index (χ4v) is 5.83. The van der Waals surface area contributed by atoms with Gasteiger partial charge in [-0.1, -0.05) is 30.7 Å². The number of nitrogens with one attached hydrogen (secondary N) is 1. The molecule has 0 unspecified atom stereocenters. The van der Waals surface area contributed by atoms with E-state index >= 15 is 0 Å². The minimum absolute atomic E-state index is 0.146. The lowest BCUT2D eigenvalue weighted by Crippen LogP contribution is -2.58. The number of carbonyl (C=O) groups excluding carboxylic acids is 1. The van der Waals surface area contributed by atoms with E-state index in [1.54, 1.807) is 54.0 Å². The average molecular weight is 453 g/mol. The molecule has 0 radical (unpaired) electrons. The Morgan fingerprint density at radius 1 is 1.10 bits per heavy atom. The van der Waals surface area contributed by atoms with Gasteiger partial charge in [-0.15, -0.1) is 0 Å². The molecule has 1 saturated heterocycles. The van der Waals surface area contributed by atoms with Gasteiger partial charge in [0.25, 0.3) is 5.91 Å². The van der Waals surface area contributed by atoms with Crippen LogP contribution < -0.4 is 10.2 Å². The van der Waals surface area contributed by atoms with Gasteiger partial charge in [-0.3, -0.25) is 10.0 Å². The zero-order valence-electron chi connectivity index (χ0n) is 16.7. The summed E-state index contributed by atoms with van der Waals surface area (Å²) in [6.07, 6.45) is 0.292. The number of rotatable bonds is 7. The lowest BCUT2D eigenvalue weighted by atomic mass is 9.95. The molecule has 2 N–H and O–H groups in total. The van der Waals surface area contributed by atoms with Gasteiger partial charge >= 0.3 is 0 Å². The molecule has 0 saturated carbocycles. The van der Waals surface area contributed by atoms with Gasteiger partial charge in [0.2, 0.25) is 0 Å². The van der Waals surface area contributed by atoms with Gasteiger partial charge in [0.05, 0.1) is 5.75 Å². The van der Waals surface area contributed by atoms with Crippen molar-refractivity contribution in [2.75, 3.05) is 19.6 Å². The maximum atomic E-state index is 13.2. The van der Waals surface area contributed by atoms with Crippen LogP contribution in [0.25, 0.3) is 0 Å². The Morgan fingerprint density at radius 3 is 2.13 bits per heavy atom. The second kappa shape index (κ2) is 9.34. The highest BCUT2D eigenvalue weighted by Gasteiger charge is 2.51. The first-order valence-electron chi connectivity index (χ1n) is 9.71. The van der Waals surface area contributed by atoms with E-state index < -0.39 is 20.5 Å². The van der Waals surface area contributed by atoms with Crippen molar-refractivity contribution in [3.05, 3.63) is 59.1 Å². The normalized spacial score (nSPS) is 16.8. The molecule has 3 rings (SSSR count). The lowest BCUT2D eigenvalue weighted by molar-refractivity contribution is -0.133. The molecule has 0 atom stereocenters. The van der Waals surface area contributed by atoms with E-state index in [1.165, 1.54) is 0 Å². The minimum atomic E-state index is -3.87. The highest BCUT2D eigenvalue weighted by molar-refractivity contribution is 7.92. The molecular formula is C21H25ClN2O5S. The quantitative estimate of drug-likeness (QED) is 0.493. The number of carbonyl (C=O) groups is 1. The van der Waals surface area contributed by atoms with Crippen molar-refractivity contribution in [2.24, 2.45) is 0 Å². The number of ether oxygens (including phenoxy) is 1. The van der Waals surface area contributed by atoms with Gasteiger partial charge in [0, 0.05) is 18.1 Å². The predicted molar refractivity (Wildman–Crippen MR) is 115 cm³/mol. The van der Waals surface area contributed by atoms with Crippen molar-refractivity contribution in [3.8, 4) is 11.5 Å². The van der Waals surface area contributed by atoms with Crippen LogP contribution in [-0.4, -0.2) is 48.8 Å². The molecule has 1 fully saturated rings. The standard InChI is InChI=1S/C21H25ClN2O5S/c1-2-24-13-11-21(12-14-24,20(25)23-26)30(27,28)15-16-3-7-18(8-4-16)29-19-9-5-17(22)6-10-19/h3-10,26H,2,11-15H2,1H3,(H,23,25). The fraction of sp³-hybridized carbons (Fsp3) is 0.381. The van der Waals surface area contributed by atoms with E-state index in [0.29, 0.717) is 35.2 Å². The van der Waals surface area contributed by atoms with E-state index in [1.807, 2.05) is 6.92 Å². The summed E-state index contributed by atoms with van der Waals surface area (Å²) in [7, 11) is -3.87. The highest BCUT2D eigenvalue weighted by atomic mass is 35.5. The first-order valence-corrected chi connectivity index (χ1v) is 11.7. The number of hydrogen-bond acceptors (Lipinski definition) is 6. The van der Waals surface area contributed by atoms with Crippen LogP contribution in [0.4, 0.5) is 0 Å². The van der Waals surface area contributed by atoms with Crippen LogP contribution in [0.5, 0.6) is 11.5 Å². The number of hydrogen-bond donors (Lipinski definition) is 2. The van der Waals surface area contributed by atoms with Crippen LogP contribution in [0.1, 0.15) is 25.3 Å². The van der Waals surface area contributed by atoms with Crippen molar-refractivity contribution in [1.29, 1.82) is 0 Å². The van der Waals surface area contributed by atoms with E-state index in [4.69, 9.17) is 16.3 Å². The van der Waals surface area contributed by atoms with Gasteiger partial charge in [0.1, 0.15) is 11.5 Å². The van der Waals surface area contributed by atoms with Crippen molar-refractivity contribution in [1.82, 2.24) is 10.4 Å². The van der Waals surface area contributed by atoms with Gasteiger partial charge in [-0.2, -0.15) is 0 Å². The lowest BCUT2D eigenvalue weighted by Gasteiger charge is -2.39. The molecule has 1 heterocycles. The Morgan fingerprint density at radius 2 is 1.63 bits per heavy atom. The molecule has 1 aliphatic rings. The van der Waals surface area contributed by atoms with E-state index in [-0.39, 0.29) is 18.6 Å². The monoisotopic (exact) mass is 452 g/mol. The number of halogens is 1. The Balaban J connectivity index is 1.76. The Labute approximate surface area is 181 Å². The number of hydroxylamine groups is 1. The van der Waals surface area contributed by atoms with Gasteiger partial charge in [-0.25, -0.2) is 13.9 Å².